The Morgan fingerprint density at radius 2 is 1.75 bits per heavy atom. The molecule has 1 aliphatic rings. The van der Waals surface area contributed by atoms with Gasteiger partial charge in [-0.1, -0.05) is 24.3 Å². The van der Waals surface area contributed by atoms with Crippen LogP contribution in [0.4, 0.5) is 5.95 Å². The smallest absolute Gasteiger partial charge is 0.222 e. The predicted octanol–water partition coefficient (Wildman–Crippen LogP) is 3.19. The third-order valence-electron chi connectivity index (χ3n) is 5.02. The van der Waals surface area contributed by atoms with Gasteiger partial charge in [0.2, 0.25) is 5.95 Å². The lowest BCUT2D eigenvalue weighted by atomic mass is 10.1. The van der Waals surface area contributed by atoms with Crippen LogP contribution in [0.25, 0.3) is 33.8 Å². The summed E-state index contributed by atoms with van der Waals surface area (Å²) in [5.41, 5.74) is 11.7. The number of rotatable bonds is 5. The molecule has 0 unspecified atom stereocenters. The third-order valence-corrected chi connectivity index (χ3v) is 5.02. The number of nitrogens with one attached hydrogen (secondary N) is 1. The summed E-state index contributed by atoms with van der Waals surface area (Å²) in [4.78, 5) is 18.2. The van der Waals surface area contributed by atoms with Crippen molar-refractivity contribution in [2.75, 3.05) is 12.8 Å². The zero-order chi connectivity index (χ0) is 19.1. The maximum Gasteiger partial charge on any atom is 0.222 e. The predicted molar refractivity (Wildman–Crippen MR) is 109 cm³/mol. The number of pyridine rings is 1. The third kappa shape index (κ3) is 2.90. The normalized spacial score (nSPS) is 13.9. The minimum absolute atomic E-state index is 0.268. The maximum atomic E-state index is 6.09. The lowest BCUT2D eigenvalue weighted by Crippen LogP contribution is -2.05. The minimum atomic E-state index is 0.268. The molecule has 140 valence electrons. The van der Waals surface area contributed by atoms with E-state index in [1.165, 1.54) is 5.56 Å². The van der Waals surface area contributed by atoms with Gasteiger partial charge in [-0.05, 0) is 37.6 Å². The summed E-state index contributed by atoms with van der Waals surface area (Å²) >= 11 is 0. The molecule has 0 amide bonds. The van der Waals surface area contributed by atoms with Crippen molar-refractivity contribution >= 4 is 17.1 Å². The van der Waals surface area contributed by atoms with Crippen molar-refractivity contribution in [2.24, 2.45) is 0 Å². The molecule has 3 aromatic heterocycles. The van der Waals surface area contributed by atoms with Crippen LogP contribution in [0.15, 0.2) is 48.8 Å². The highest BCUT2D eigenvalue weighted by Crippen LogP contribution is 2.42. The van der Waals surface area contributed by atoms with Crippen molar-refractivity contribution in [3.63, 3.8) is 0 Å². The first-order chi connectivity index (χ1) is 13.7. The molecule has 0 saturated heterocycles. The van der Waals surface area contributed by atoms with E-state index in [-0.39, 0.29) is 5.95 Å². The first-order valence-corrected chi connectivity index (χ1v) is 9.44. The average molecular weight is 371 g/mol. The Morgan fingerprint density at radius 3 is 2.43 bits per heavy atom. The number of nitrogens with zero attached hydrogens (tertiary/aromatic N) is 5. The maximum absolute atomic E-state index is 6.09. The molecule has 1 fully saturated rings. The van der Waals surface area contributed by atoms with Crippen LogP contribution < -0.4 is 11.1 Å². The second-order valence-corrected chi connectivity index (χ2v) is 7.10. The fourth-order valence-electron chi connectivity index (χ4n) is 3.56. The highest BCUT2D eigenvalue weighted by molar-refractivity contribution is 5.91. The molecular weight excluding hydrogens is 350 g/mol. The Labute approximate surface area is 162 Å². The van der Waals surface area contributed by atoms with Gasteiger partial charge in [0.15, 0.2) is 5.65 Å². The van der Waals surface area contributed by atoms with Gasteiger partial charge in [0.25, 0.3) is 0 Å². The van der Waals surface area contributed by atoms with Crippen LogP contribution in [0.3, 0.4) is 0 Å². The largest absolute Gasteiger partial charge is 0.368 e. The summed E-state index contributed by atoms with van der Waals surface area (Å²) in [5.74, 6) is 1.16. The molecule has 3 heterocycles. The SMILES string of the molecule is CNCc1ccc(-c2nc(N)nc3c2nc(-c2ccncc2)n3C2CC2)cc1. The Morgan fingerprint density at radius 1 is 1.00 bits per heavy atom. The first kappa shape index (κ1) is 16.8. The highest BCUT2D eigenvalue weighted by atomic mass is 15.2. The van der Waals surface area contributed by atoms with Gasteiger partial charge in [0.05, 0.1) is 0 Å². The van der Waals surface area contributed by atoms with Crippen LogP contribution in [0.1, 0.15) is 24.4 Å². The molecular formula is C21H21N7. The van der Waals surface area contributed by atoms with Crippen molar-refractivity contribution < 1.29 is 0 Å². The number of benzene rings is 1. The van der Waals surface area contributed by atoms with Crippen molar-refractivity contribution in [2.45, 2.75) is 25.4 Å². The summed E-state index contributed by atoms with van der Waals surface area (Å²) < 4.78 is 2.21. The topological polar surface area (TPSA) is 94.5 Å². The van der Waals surface area contributed by atoms with Gasteiger partial charge in [-0.3, -0.25) is 4.98 Å². The van der Waals surface area contributed by atoms with Gasteiger partial charge < -0.3 is 15.6 Å². The minimum Gasteiger partial charge on any atom is -0.368 e. The summed E-state index contributed by atoms with van der Waals surface area (Å²) in [5, 5.41) is 3.16. The molecule has 3 N–H and O–H groups in total. The van der Waals surface area contributed by atoms with E-state index in [2.05, 4.69) is 49.1 Å². The fraction of sp³-hybridized carbons (Fsp3) is 0.238. The molecule has 7 nitrogen and oxygen atoms in total. The number of nitrogens with two attached hydrogens (primary N) is 1. The summed E-state index contributed by atoms with van der Waals surface area (Å²) in [6.07, 6.45) is 5.82. The number of imidazole rings is 1. The zero-order valence-electron chi connectivity index (χ0n) is 15.6. The Kier molecular flexibility index (Phi) is 4.02. The van der Waals surface area contributed by atoms with E-state index in [4.69, 9.17) is 10.7 Å². The van der Waals surface area contributed by atoms with E-state index in [9.17, 15) is 0 Å². The number of hydrogen-bond donors (Lipinski definition) is 2. The van der Waals surface area contributed by atoms with Gasteiger partial charge in [0, 0.05) is 36.1 Å². The Hall–Kier alpha value is -3.32. The van der Waals surface area contributed by atoms with Crippen molar-refractivity contribution in [1.29, 1.82) is 0 Å². The van der Waals surface area contributed by atoms with Crippen LogP contribution in [0, 0.1) is 0 Å². The Balaban J connectivity index is 1.72. The number of nitrogen functional groups attached to an aromatic ring is 1. The van der Waals surface area contributed by atoms with E-state index >= 15 is 0 Å². The quantitative estimate of drug-likeness (QED) is 0.559. The second-order valence-electron chi connectivity index (χ2n) is 7.10. The van der Waals surface area contributed by atoms with E-state index in [1.807, 2.05) is 19.2 Å². The van der Waals surface area contributed by atoms with Crippen LogP contribution in [-0.4, -0.2) is 31.6 Å². The highest BCUT2D eigenvalue weighted by Gasteiger charge is 2.30. The van der Waals surface area contributed by atoms with Gasteiger partial charge in [-0.25, -0.2) is 9.97 Å². The van der Waals surface area contributed by atoms with E-state index < -0.39 is 0 Å². The van der Waals surface area contributed by atoms with Crippen LogP contribution in [-0.2, 0) is 6.54 Å². The molecule has 0 aliphatic heterocycles. The molecule has 4 aromatic rings. The van der Waals surface area contributed by atoms with E-state index in [0.717, 1.165) is 53.2 Å². The molecule has 1 aromatic carbocycles. The van der Waals surface area contributed by atoms with E-state index in [1.54, 1.807) is 12.4 Å². The number of hydrogen-bond acceptors (Lipinski definition) is 6. The number of anilines is 1. The molecule has 28 heavy (non-hydrogen) atoms. The average Bonchev–Trinajstić information content (AvgIpc) is 3.49. The number of aromatic nitrogens is 5. The standard InChI is InChI=1S/C21H21N7/c1-23-12-13-2-4-14(5-3-13)17-18-20(27-21(22)26-17)28(16-6-7-16)19(25-18)15-8-10-24-11-9-15/h2-5,8-11,16,23H,6-7,12H2,1H3,(H2,22,26,27). The van der Waals surface area contributed by atoms with Crippen LogP contribution in [0.5, 0.6) is 0 Å². The summed E-state index contributed by atoms with van der Waals surface area (Å²) in [6, 6.07) is 12.7. The van der Waals surface area contributed by atoms with Crippen molar-refractivity contribution in [1.82, 2.24) is 29.8 Å². The zero-order valence-corrected chi connectivity index (χ0v) is 15.6. The van der Waals surface area contributed by atoms with Crippen LogP contribution >= 0.6 is 0 Å². The second kappa shape index (κ2) is 6.69. The molecule has 0 atom stereocenters. The molecule has 0 bridgehead atoms. The molecule has 0 radical (unpaired) electrons. The summed E-state index contributed by atoms with van der Waals surface area (Å²) in [7, 11) is 1.94. The number of fused-ring (bicyclic) bond motifs is 1. The first-order valence-electron chi connectivity index (χ1n) is 9.44. The summed E-state index contributed by atoms with van der Waals surface area (Å²) in [6.45, 7) is 0.824. The molecule has 0 spiro atoms. The van der Waals surface area contributed by atoms with Crippen molar-refractivity contribution in [3.8, 4) is 22.6 Å². The van der Waals surface area contributed by atoms with Gasteiger partial charge in [0.1, 0.15) is 17.0 Å². The molecule has 1 saturated carbocycles. The van der Waals surface area contributed by atoms with Gasteiger partial charge in [-0.2, -0.15) is 4.98 Å². The Bertz CT molecular complexity index is 1130. The van der Waals surface area contributed by atoms with Crippen molar-refractivity contribution in [3.05, 3.63) is 54.4 Å². The fourth-order valence-corrected chi connectivity index (χ4v) is 3.56. The molecule has 1 aliphatic carbocycles. The molecule has 5 rings (SSSR count). The lowest BCUT2D eigenvalue weighted by molar-refractivity contribution is 0.766. The van der Waals surface area contributed by atoms with Gasteiger partial charge in [-0.15, -0.1) is 0 Å². The monoisotopic (exact) mass is 371 g/mol. The van der Waals surface area contributed by atoms with Crippen LogP contribution in [0.2, 0.25) is 0 Å². The molecule has 7 heteroatoms. The van der Waals surface area contributed by atoms with E-state index in [0.29, 0.717) is 6.04 Å². The lowest BCUT2D eigenvalue weighted by Gasteiger charge is -2.08. The van der Waals surface area contributed by atoms with Gasteiger partial charge >= 0.3 is 0 Å².